The number of hydrogen-bond donors (Lipinski definition) is 0. The van der Waals surface area contributed by atoms with Crippen LogP contribution in [0.3, 0.4) is 0 Å². The Morgan fingerprint density at radius 3 is 2.69 bits per heavy atom. The molecule has 26 heavy (non-hydrogen) atoms. The molecule has 0 bridgehead atoms. The third-order valence-corrected chi connectivity index (χ3v) is 5.12. The number of amides is 2. The standard InChI is InChI=1S/C17H11Cl2NO5S/c1-24-16(22)13-5-3-10(25-13)8-20-15(21)14(26-17(20)23)7-9-2-4-11(18)12(19)6-9/h2-7H,8H2,1H3. The number of hydrogen-bond acceptors (Lipinski definition) is 6. The van der Waals surface area contributed by atoms with Gasteiger partial charge in [0.15, 0.2) is 0 Å². The molecule has 3 rings (SSSR count). The van der Waals surface area contributed by atoms with Crippen LogP contribution in [0.25, 0.3) is 6.08 Å². The molecule has 1 aliphatic heterocycles. The van der Waals surface area contributed by atoms with E-state index in [2.05, 4.69) is 4.74 Å². The zero-order valence-electron chi connectivity index (χ0n) is 13.3. The Morgan fingerprint density at radius 2 is 2.00 bits per heavy atom. The number of imide groups is 1. The highest BCUT2D eigenvalue weighted by molar-refractivity contribution is 8.18. The maximum absolute atomic E-state index is 12.5. The number of nitrogens with zero attached hydrogens (tertiary/aromatic N) is 1. The van der Waals surface area contributed by atoms with Crippen LogP contribution in [0.2, 0.25) is 10.0 Å². The predicted molar refractivity (Wildman–Crippen MR) is 98.0 cm³/mol. The fraction of sp³-hybridized carbons (Fsp3) is 0.118. The number of carbonyl (C=O) groups is 3. The molecule has 0 spiro atoms. The Balaban J connectivity index is 1.78. The normalized spacial score (nSPS) is 15.8. The molecular weight excluding hydrogens is 401 g/mol. The minimum absolute atomic E-state index is 0.000759. The summed E-state index contributed by atoms with van der Waals surface area (Å²) in [7, 11) is 1.23. The van der Waals surface area contributed by atoms with Crippen LogP contribution in [0.1, 0.15) is 21.9 Å². The molecule has 2 aromatic rings. The fourth-order valence-corrected chi connectivity index (χ4v) is 3.36. The van der Waals surface area contributed by atoms with Crippen molar-refractivity contribution in [1.29, 1.82) is 0 Å². The van der Waals surface area contributed by atoms with Gasteiger partial charge in [0.25, 0.3) is 11.1 Å². The van der Waals surface area contributed by atoms with Gasteiger partial charge in [-0.3, -0.25) is 14.5 Å². The summed E-state index contributed by atoms with van der Waals surface area (Å²) in [5.41, 5.74) is 0.649. The van der Waals surface area contributed by atoms with Gasteiger partial charge < -0.3 is 9.15 Å². The lowest BCUT2D eigenvalue weighted by atomic mass is 10.2. The van der Waals surface area contributed by atoms with Gasteiger partial charge in [0.05, 0.1) is 28.6 Å². The second-order valence-corrected chi connectivity index (χ2v) is 7.01. The summed E-state index contributed by atoms with van der Waals surface area (Å²) in [5.74, 6) is -0.795. The van der Waals surface area contributed by atoms with Crippen molar-refractivity contribution in [2.75, 3.05) is 7.11 Å². The highest BCUT2D eigenvalue weighted by atomic mass is 35.5. The Hall–Kier alpha value is -2.22. The summed E-state index contributed by atoms with van der Waals surface area (Å²) in [5, 5.41) is 0.319. The van der Waals surface area contributed by atoms with E-state index < -0.39 is 17.1 Å². The number of benzene rings is 1. The lowest BCUT2D eigenvalue weighted by Gasteiger charge is -2.09. The number of carbonyl (C=O) groups excluding carboxylic acids is 3. The maximum atomic E-state index is 12.5. The molecule has 6 nitrogen and oxygen atoms in total. The summed E-state index contributed by atoms with van der Waals surface area (Å²) < 4.78 is 9.85. The maximum Gasteiger partial charge on any atom is 0.373 e. The third kappa shape index (κ3) is 3.80. The van der Waals surface area contributed by atoms with Gasteiger partial charge in [-0.1, -0.05) is 29.3 Å². The van der Waals surface area contributed by atoms with Crippen molar-refractivity contribution in [2.45, 2.75) is 6.54 Å². The molecule has 2 amide bonds. The molecule has 1 aromatic carbocycles. The fourth-order valence-electron chi connectivity index (χ4n) is 2.22. The van der Waals surface area contributed by atoms with Gasteiger partial charge in [0, 0.05) is 0 Å². The summed E-state index contributed by atoms with van der Waals surface area (Å²) >= 11 is 12.6. The largest absolute Gasteiger partial charge is 0.463 e. The van der Waals surface area contributed by atoms with Gasteiger partial charge in [0.1, 0.15) is 5.76 Å². The second-order valence-electron chi connectivity index (χ2n) is 5.20. The molecule has 0 radical (unpaired) electrons. The Morgan fingerprint density at radius 1 is 1.23 bits per heavy atom. The third-order valence-electron chi connectivity index (χ3n) is 3.48. The molecule has 0 saturated carbocycles. The van der Waals surface area contributed by atoms with Crippen LogP contribution in [0.5, 0.6) is 0 Å². The zero-order chi connectivity index (χ0) is 18.8. The van der Waals surface area contributed by atoms with E-state index in [-0.39, 0.29) is 17.2 Å². The van der Waals surface area contributed by atoms with E-state index in [9.17, 15) is 14.4 Å². The van der Waals surface area contributed by atoms with Gasteiger partial charge in [-0.25, -0.2) is 4.79 Å². The average Bonchev–Trinajstić information content (AvgIpc) is 3.18. The highest BCUT2D eigenvalue weighted by Gasteiger charge is 2.35. The van der Waals surface area contributed by atoms with Crippen molar-refractivity contribution in [3.8, 4) is 0 Å². The van der Waals surface area contributed by atoms with E-state index in [1.54, 1.807) is 24.3 Å². The molecule has 0 aliphatic carbocycles. The molecule has 1 aliphatic rings. The van der Waals surface area contributed by atoms with Crippen LogP contribution in [-0.4, -0.2) is 29.1 Å². The number of esters is 1. The lowest BCUT2D eigenvalue weighted by molar-refractivity contribution is -0.123. The molecule has 134 valence electrons. The highest BCUT2D eigenvalue weighted by Crippen LogP contribution is 2.34. The molecule has 0 N–H and O–H groups in total. The van der Waals surface area contributed by atoms with Gasteiger partial charge in [-0.15, -0.1) is 0 Å². The van der Waals surface area contributed by atoms with Crippen molar-refractivity contribution < 1.29 is 23.5 Å². The average molecular weight is 412 g/mol. The van der Waals surface area contributed by atoms with Crippen LogP contribution < -0.4 is 0 Å². The van der Waals surface area contributed by atoms with E-state index in [1.165, 1.54) is 19.2 Å². The van der Waals surface area contributed by atoms with E-state index in [0.29, 0.717) is 21.4 Å². The number of ether oxygens (including phenoxy) is 1. The summed E-state index contributed by atoms with van der Waals surface area (Å²) in [6, 6.07) is 7.84. The monoisotopic (exact) mass is 411 g/mol. The van der Waals surface area contributed by atoms with Crippen LogP contribution in [0, 0.1) is 0 Å². The van der Waals surface area contributed by atoms with E-state index >= 15 is 0 Å². The van der Waals surface area contributed by atoms with Crippen molar-refractivity contribution in [1.82, 2.24) is 4.90 Å². The van der Waals surface area contributed by atoms with Crippen molar-refractivity contribution in [2.24, 2.45) is 0 Å². The first-order valence-electron chi connectivity index (χ1n) is 7.26. The summed E-state index contributed by atoms with van der Waals surface area (Å²) in [6.07, 6.45) is 1.56. The molecule has 9 heteroatoms. The first-order chi connectivity index (χ1) is 12.4. The molecule has 2 heterocycles. The number of thioether (sulfide) groups is 1. The van der Waals surface area contributed by atoms with Gasteiger partial charge >= 0.3 is 5.97 Å². The Bertz CT molecular complexity index is 937. The molecular formula is C17H11Cl2NO5S. The van der Waals surface area contributed by atoms with E-state index in [1.807, 2.05) is 0 Å². The topological polar surface area (TPSA) is 76.8 Å². The number of furan rings is 1. The minimum atomic E-state index is -0.634. The molecule has 0 atom stereocenters. The van der Waals surface area contributed by atoms with Crippen LogP contribution in [0.4, 0.5) is 4.79 Å². The number of rotatable bonds is 4. The smallest absolute Gasteiger partial charge is 0.373 e. The lowest BCUT2D eigenvalue weighted by Crippen LogP contribution is -2.27. The predicted octanol–water partition coefficient (Wildman–Crippen LogP) is 4.61. The van der Waals surface area contributed by atoms with Crippen LogP contribution >= 0.6 is 35.0 Å². The first-order valence-corrected chi connectivity index (χ1v) is 8.83. The summed E-state index contributed by atoms with van der Waals surface area (Å²) in [4.78, 5) is 37.3. The van der Waals surface area contributed by atoms with Crippen molar-refractivity contribution in [3.05, 3.63) is 62.4 Å². The molecule has 0 unspecified atom stereocenters. The quantitative estimate of drug-likeness (QED) is 0.539. The first kappa shape index (κ1) is 18.6. The Labute approximate surface area is 162 Å². The Kier molecular flexibility index (Phi) is 5.41. The zero-order valence-corrected chi connectivity index (χ0v) is 15.7. The molecule has 1 saturated heterocycles. The SMILES string of the molecule is COC(=O)c1ccc(CN2C(=O)SC(=Cc3ccc(Cl)c(Cl)c3)C2=O)o1. The van der Waals surface area contributed by atoms with Crippen LogP contribution in [0.15, 0.2) is 39.7 Å². The minimum Gasteiger partial charge on any atom is -0.463 e. The number of halogens is 2. The second kappa shape index (κ2) is 7.57. The van der Waals surface area contributed by atoms with Crippen molar-refractivity contribution >= 4 is 58.2 Å². The van der Waals surface area contributed by atoms with Gasteiger partial charge in [-0.2, -0.15) is 0 Å². The van der Waals surface area contributed by atoms with E-state index in [4.69, 9.17) is 27.6 Å². The van der Waals surface area contributed by atoms with Crippen LogP contribution in [-0.2, 0) is 16.1 Å². The molecule has 1 fully saturated rings. The van der Waals surface area contributed by atoms with Crippen molar-refractivity contribution in [3.63, 3.8) is 0 Å². The summed E-state index contributed by atoms with van der Waals surface area (Å²) in [6.45, 7) is -0.0830. The van der Waals surface area contributed by atoms with E-state index in [0.717, 1.165) is 16.7 Å². The number of methoxy groups -OCH3 is 1. The van der Waals surface area contributed by atoms with Gasteiger partial charge in [-0.05, 0) is 47.7 Å². The van der Waals surface area contributed by atoms with Gasteiger partial charge in [0.2, 0.25) is 5.76 Å². The molecule has 1 aromatic heterocycles.